The van der Waals surface area contributed by atoms with Gasteiger partial charge in [0.15, 0.2) is 11.5 Å². The van der Waals surface area contributed by atoms with E-state index in [0.29, 0.717) is 11.8 Å². The molecule has 6 heteroatoms. The highest BCUT2D eigenvalue weighted by Gasteiger charge is 2.46. The van der Waals surface area contributed by atoms with Gasteiger partial charge < -0.3 is 29.6 Å². The summed E-state index contributed by atoms with van der Waals surface area (Å²) in [5.74, 6) is 5.12. The Labute approximate surface area is 360 Å². The second kappa shape index (κ2) is 15.7. The lowest BCUT2D eigenvalue weighted by atomic mass is 9.78. The minimum absolute atomic E-state index is 0.178. The fourth-order valence-corrected chi connectivity index (χ4v) is 10.2. The third kappa shape index (κ3) is 7.18. The predicted molar refractivity (Wildman–Crippen MR) is 249 cm³/mol. The second-order valence-corrected chi connectivity index (χ2v) is 19.2. The fourth-order valence-electron chi connectivity index (χ4n) is 10.2. The van der Waals surface area contributed by atoms with E-state index >= 15 is 0 Å². The van der Waals surface area contributed by atoms with Crippen molar-refractivity contribution in [2.24, 2.45) is 0 Å². The monoisotopic (exact) mass is 809 g/mol. The Balaban J connectivity index is 0.000000197. The molecule has 2 unspecified atom stereocenters. The molecule has 0 radical (unpaired) electrons. The van der Waals surface area contributed by atoms with Gasteiger partial charge in [0.25, 0.3) is 0 Å². The number of methoxy groups -OCH3 is 2. The zero-order valence-electron chi connectivity index (χ0n) is 39.2. The summed E-state index contributed by atoms with van der Waals surface area (Å²) in [7, 11) is 3.40. The minimum atomic E-state index is -0.322. The number of hydrogen-bond acceptors (Lipinski definition) is 6. The lowest BCUT2D eigenvalue weighted by Gasteiger charge is -2.29. The standard InChI is InChI=1S/C32H39NO3.C22H29NO/c1-18(2)22-10-12-23(13-11-22)29-28-21(5)30(19(3)20(4)31(28)36-32(29,6)7)33-16-24-14-26(34-8)27(35-9)15-25(24)17-33;1-12(2)16-8-10-17(11-9-16)19-18-15(5)20(23)13(3)14(4)21(18)24-22(19,6)7/h10-15,18,29H,16-17H2,1-9H3;8-12,19H,23H2,1-7H3. The third-order valence-electron chi connectivity index (χ3n) is 13.9. The lowest BCUT2D eigenvalue weighted by molar-refractivity contribution is 0.121. The van der Waals surface area contributed by atoms with Crippen molar-refractivity contribution in [3.05, 3.63) is 139 Å². The third-order valence-corrected chi connectivity index (χ3v) is 13.9. The van der Waals surface area contributed by atoms with E-state index in [1.165, 1.54) is 72.4 Å². The lowest BCUT2D eigenvalue weighted by Crippen LogP contribution is -2.31. The molecule has 0 fully saturated rings. The average Bonchev–Trinajstić information content (AvgIpc) is 3.85. The molecular formula is C54H68N2O4. The summed E-state index contributed by atoms with van der Waals surface area (Å²) in [6.07, 6.45) is 0. The van der Waals surface area contributed by atoms with E-state index in [9.17, 15) is 0 Å². The molecule has 2 atom stereocenters. The van der Waals surface area contributed by atoms with Gasteiger partial charge in [0.2, 0.25) is 0 Å². The van der Waals surface area contributed by atoms with Crippen molar-refractivity contribution in [3.63, 3.8) is 0 Å². The van der Waals surface area contributed by atoms with Gasteiger partial charge in [-0.3, -0.25) is 0 Å². The van der Waals surface area contributed by atoms with Crippen molar-refractivity contribution in [2.45, 2.75) is 145 Å². The predicted octanol–water partition coefficient (Wildman–Crippen LogP) is 13.2. The summed E-state index contributed by atoms with van der Waals surface area (Å²) in [5.41, 5.74) is 25.9. The van der Waals surface area contributed by atoms with Crippen molar-refractivity contribution in [1.29, 1.82) is 0 Å². The van der Waals surface area contributed by atoms with Crippen LogP contribution in [-0.4, -0.2) is 25.4 Å². The maximum Gasteiger partial charge on any atom is 0.161 e. The van der Waals surface area contributed by atoms with Gasteiger partial charge in [-0.05, 0) is 160 Å². The van der Waals surface area contributed by atoms with Gasteiger partial charge in [-0.15, -0.1) is 0 Å². The molecule has 3 aliphatic rings. The van der Waals surface area contributed by atoms with E-state index in [1.807, 2.05) is 0 Å². The Morgan fingerprint density at radius 1 is 0.567 bits per heavy atom. The van der Waals surface area contributed by atoms with Gasteiger partial charge in [0.1, 0.15) is 22.7 Å². The molecule has 318 valence electrons. The molecule has 0 amide bonds. The molecular weight excluding hydrogens is 741 g/mol. The number of nitrogen functional groups attached to an aromatic ring is 1. The molecule has 60 heavy (non-hydrogen) atoms. The summed E-state index contributed by atoms with van der Waals surface area (Å²) in [5, 5.41) is 0. The summed E-state index contributed by atoms with van der Waals surface area (Å²) >= 11 is 0. The Morgan fingerprint density at radius 3 is 1.33 bits per heavy atom. The second-order valence-electron chi connectivity index (χ2n) is 19.2. The summed E-state index contributed by atoms with van der Waals surface area (Å²) in [6, 6.07) is 22.4. The summed E-state index contributed by atoms with van der Waals surface area (Å²) < 4.78 is 24.3. The van der Waals surface area contributed by atoms with Crippen LogP contribution in [0, 0.1) is 41.5 Å². The van der Waals surface area contributed by atoms with Crippen molar-refractivity contribution < 1.29 is 18.9 Å². The van der Waals surface area contributed by atoms with Crippen LogP contribution in [0.25, 0.3) is 0 Å². The van der Waals surface area contributed by atoms with E-state index in [1.54, 1.807) is 14.2 Å². The number of nitrogens with two attached hydrogens (primary N) is 1. The molecule has 3 aliphatic heterocycles. The molecule has 0 spiro atoms. The maximum absolute atomic E-state index is 6.72. The molecule has 0 aromatic heterocycles. The number of nitrogens with zero attached hydrogens (tertiary/aromatic N) is 1. The van der Waals surface area contributed by atoms with Crippen LogP contribution in [0.4, 0.5) is 11.4 Å². The topological polar surface area (TPSA) is 66.2 Å². The Bertz CT molecular complexity index is 2410. The summed E-state index contributed by atoms with van der Waals surface area (Å²) in [4.78, 5) is 2.51. The van der Waals surface area contributed by atoms with E-state index < -0.39 is 0 Å². The van der Waals surface area contributed by atoms with Crippen LogP contribution in [0.2, 0.25) is 0 Å². The van der Waals surface area contributed by atoms with E-state index in [0.717, 1.165) is 52.9 Å². The molecule has 0 bridgehead atoms. The molecule has 3 heterocycles. The van der Waals surface area contributed by atoms with Gasteiger partial charge in [-0.25, -0.2) is 0 Å². The van der Waals surface area contributed by atoms with Gasteiger partial charge in [-0.2, -0.15) is 0 Å². The molecule has 0 saturated heterocycles. The van der Waals surface area contributed by atoms with Crippen LogP contribution < -0.4 is 29.6 Å². The van der Waals surface area contributed by atoms with Gasteiger partial charge >= 0.3 is 0 Å². The van der Waals surface area contributed by atoms with Gasteiger partial charge in [-0.1, -0.05) is 76.2 Å². The maximum atomic E-state index is 6.72. The van der Waals surface area contributed by atoms with E-state index in [-0.39, 0.29) is 23.0 Å². The van der Waals surface area contributed by atoms with Crippen molar-refractivity contribution in [1.82, 2.24) is 0 Å². The molecule has 5 aromatic rings. The number of rotatable bonds is 7. The SMILES string of the molecule is COc1cc2c(cc1OC)CN(c1c(C)c(C)c3c(c1C)C(c1ccc(C(C)C)cc1)C(C)(C)O3)C2.Cc1c(C)c2c(c(C)c1N)C(c1ccc(C(C)C)cc1)C(C)(C)O2. The quantitative estimate of drug-likeness (QED) is 0.165. The molecule has 2 N–H and O–H groups in total. The van der Waals surface area contributed by atoms with Crippen LogP contribution in [0.1, 0.15) is 157 Å². The number of ether oxygens (including phenoxy) is 4. The number of anilines is 2. The van der Waals surface area contributed by atoms with Crippen LogP contribution in [-0.2, 0) is 13.1 Å². The zero-order chi connectivity index (χ0) is 43.7. The molecule has 6 nitrogen and oxygen atoms in total. The molecule has 8 rings (SSSR count). The first kappa shape index (κ1) is 43.0. The Morgan fingerprint density at radius 2 is 0.950 bits per heavy atom. The van der Waals surface area contributed by atoms with Crippen molar-refractivity contribution >= 4 is 11.4 Å². The highest BCUT2D eigenvalue weighted by Crippen LogP contribution is 2.56. The first-order valence-corrected chi connectivity index (χ1v) is 21.8. The van der Waals surface area contributed by atoms with E-state index in [4.69, 9.17) is 24.7 Å². The van der Waals surface area contributed by atoms with Crippen molar-refractivity contribution in [2.75, 3.05) is 24.9 Å². The fraction of sp³-hybridized carbons (Fsp3) is 0.444. The first-order chi connectivity index (χ1) is 28.2. The number of hydrogen-bond donors (Lipinski definition) is 1. The molecule has 0 saturated carbocycles. The number of benzene rings is 5. The van der Waals surface area contributed by atoms with Crippen LogP contribution in [0.5, 0.6) is 23.0 Å². The van der Waals surface area contributed by atoms with Crippen LogP contribution in [0.15, 0.2) is 60.7 Å². The zero-order valence-corrected chi connectivity index (χ0v) is 39.2. The minimum Gasteiger partial charge on any atom is -0.493 e. The van der Waals surface area contributed by atoms with Crippen LogP contribution >= 0.6 is 0 Å². The Hall–Kier alpha value is -5.10. The first-order valence-electron chi connectivity index (χ1n) is 21.8. The molecule has 0 aliphatic carbocycles. The normalized spacial score (nSPS) is 18.1. The highest BCUT2D eigenvalue weighted by atomic mass is 16.5. The van der Waals surface area contributed by atoms with Gasteiger partial charge in [0.05, 0.1) is 26.1 Å². The van der Waals surface area contributed by atoms with Crippen LogP contribution in [0.3, 0.4) is 0 Å². The highest BCUT2D eigenvalue weighted by molar-refractivity contribution is 5.73. The Kier molecular flexibility index (Phi) is 11.3. The van der Waals surface area contributed by atoms with Crippen molar-refractivity contribution in [3.8, 4) is 23.0 Å². The number of fused-ring (bicyclic) bond motifs is 3. The average molecular weight is 809 g/mol. The smallest absolute Gasteiger partial charge is 0.161 e. The summed E-state index contributed by atoms with van der Waals surface area (Å²) in [6.45, 7) is 32.5. The molecule has 5 aromatic carbocycles. The largest absolute Gasteiger partial charge is 0.493 e. The van der Waals surface area contributed by atoms with Gasteiger partial charge in [0, 0.05) is 35.6 Å². The van der Waals surface area contributed by atoms with E-state index in [2.05, 4.69) is 162 Å².